The second kappa shape index (κ2) is 8.40. The van der Waals surface area contributed by atoms with E-state index in [0.717, 1.165) is 29.8 Å². The number of morpholine rings is 1. The van der Waals surface area contributed by atoms with Gasteiger partial charge in [0.1, 0.15) is 11.1 Å². The van der Waals surface area contributed by atoms with Gasteiger partial charge in [-0.15, -0.1) is 11.3 Å². The maximum Gasteiger partial charge on any atom is 0.194 e. The van der Waals surface area contributed by atoms with Crippen LogP contribution in [0.1, 0.15) is 48.7 Å². The molecular formula is C21H30N4OS. The monoisotopic (exact) mass is 386 g/mol. The lowest BCUT2D eigenvalue weighted by atomic mass is 9.93. The van der Waals surface area contributed by atoms with Gasteiger partial charge in [0.15, 0.2) is 5.96 Å². The second-order valence-electron chi connectivity index (χ2n) is 7.94. The summed E-state index contributed by atoms with van der Waals surface area (Å²) in [6.07, 6.45) is 0.0749. The summed E-state index contributed by atoms with van der Waals surface area (Å²) < 4.78 is 6.04. The molecule has 1 aromatic carbocycles. The molecule has 1 unspecified atom stereocenters. The van der Waals surface area contributed by atoms with Crippen LogP contribution in [-0.4, -0.2) is 42.6 Å². The van der Waals surface area contributed by atoms with Crippen molar-refractivity contribution in [3.63, 3.8) is 0 Å². The molecule has 1 N–H and O–H groups in total. The van der Waals surface area contributed by atoms with Gasteiger partial charge in [-0.05, 0) is 18.1 Å². The molecule has 1 aromatic heterocycles. The van der Waals surface area contributed by atoms with E-state index in [1.165, 1.54) is 11.1 Å². The normalized spacial score (nSPS) is 18.6. The minimum absolute atomic E-state index is 0.0749. The number of aryl methyl sites for hydroxylation is 1. The molecule has 1 aliphatic heterocycles. The van der Waals surface area contributed by atoms with Gasteiger partial charge in [-0.2, -0.15) is 0 Å². The number of ether oxygens (including phenoxy) is 1. The first-order chi connectivity index (χ1) is 12.9. The number of benzene rings is 1. The predicted octanol–water partition coefficient (Wildman–Crippen LogP) is 3.90. The van der Waals surface area contributed by atoms with Gasteiger partial charge in [-0.1, -0.05) is 45.0 Å². The molecule has 0 saturated carbocycles. The SMILES string of the molecule is CN=C(NCc1nc(C(C)(C)C)cs1)N1CCOC(c2ccccc2C)C1. The van der Waals surface area contributed by atoms with E-state index < -0.39 is 0 Å². The lowest BCUT2D eigenvalue weighted by Crippen LogP contribution is -2.48. The maximum atomic E-state index is 6.04. The molecule has 3 rings (SSSR count). The van der Waals surface area contributed by atoms with Crippen molar-refractivity contribution in [1.82, 2.24) is 15.2 Å². The highest BCUT2D eigenvalue weighted by Crippen LogP contribution is 2.26. The lowest BCUT2D eigenvalue weighted by Gasteiger charge is -2.35. The van der Waals surface area contributed by atoms with Crippen LogP contribution in [0.15, 0.2) is 34.6 Å². The van der Waals surface area contributed by atoms with Crippen molar-refractivity contribution >= 4 is 17.3 Å². The molecule has 0 spiro atoms. The summed E-state index contributed by atoms with van der Waals surface area (Å²) >= 11 is 1.70. The van der Waals surface area contributed by atoms with Crippen molar-refractivity contribution < 1.29 is 4.74 Å². The maximum absolute atomic E-state index is 6.04. The number of aliphatic imine (C=N–C) groups is 1. The number of hydrogen-bond acceptors (Lipinski definition) is 4. The van der Waals surface area contributed by atoms with Crippen LogP contribution < -0.4 is 5.32 Å². The molecule has 1 atom stereocenters. The summed E-state index contributed by atoms with van der Waals surface area (Å²) in [4.78, 5) is 11.5. The van der Waals surface area contributed by atoms with Crippen molar-refractivity contribution in [3.05, 3.63) is 51.5 Å². The third-order valence-electron chi connectivity index (χ3n) is 4.83. The Hall–Kier alpha value is -1.92. The van der Waals surface area contributed by atoms with Crippen molar-refractivity contribution in [3.8, 4) is 0 Å². The van der Waals surface area contributed by atoms with Gasteiger partial charge in [0.2, 0.25) is 0 Å². The average molecular weight is 387 g/mol. The van der Waals surface area contributed by atoms with E-state index >= 15 is 0 Å². The number of nitrogens with one attached hydrogen (secondary N) is 1. The van der Waals surface area contributed by atoms with Crippen LogP contribution in [0, 0.1) is 6.92 Å². The van der Waals surface area contributed by atoms with Crippen LogP contribution in [0.25, 0.3) is 0 Å². The third-order valence-corrected chi connectivity index (χ3v) is 5.68. The molecule has 2 aromatic rings. The van der Waals surface area contributed by atoms with Crippen LogP contribution in [0.4, 0.5) is 0 Å². The molecule has 6 heteroatoms. The second-order valence-corrected chi connectivity index (χ2v) is 8.88. The summed E-state index contributed by atoms with van der Waals surface area (Å²) in [5.74, 6) is 0.907. The Labute approximate surface area is 166 Å². The summed E-state index contributed by atoms with van der Waals surface area (Å²) in [7, 11) is 1.84. The molecule has 1 saturated heterocycles. The number of thiazole rings is 1. The molecule has 5 nitrogen and oxygen atoms in total. The van der Waals surface area contributed by atoms with E-state index in [2.05, 4.69) is 72.5 Å². The van der Waals surface area contributed by atoms with Crippen molar-refractivity contribution in [2.45, 2.75) is 45.8 Å². The van der Waals surface area contributed by atoms with Crippen molar-refractivity contribution in [2.75, 3.05) is 26.7 Å². The number of rotatable bonds is 3. The zero-order valence-electron chi connectivity index (χ0n) is 17.0. The van der Waals surface area contributed by atoms with Crippen LogP contribution in [0.5, 0.6) is 0 Å². The molecule has 0 radical (unpaired) electrons. The largest absolute Gasteiger partial charge is 0.370 e. The molecule has 0 bridgehead atoms. The minimum Gasteiger partial charge on any atom is -0.370 e. The highest BCUT2D eigenvalue weighted by Gasteiger charge is 2.25. The minimum atomic E-state index is 0.0749. The smallest absolute Gasteiger partial charge is 0.194 e. The molecule has 0 amide bonds. The molecular weight excluding hydrogens is 356 g/mol. The van der Waals surface area contributed by atoms with E-state index in [9.17, 15) is 0 Å². The first kappa shape index (κ1) is 19.8. The molecule has 1 fully saturated rings. The quantitative estimate of drug-likeness (QED) is 0.642. The van der Waals surface area contributed by atoms with E-state index in [1.54, 1.807) is 11.3 Å². The van der Waals surface area contributed by atoms with Crippen LogP contribution in [-0.2, 0) is 16.7 Å². The Balaban J connectivity index is 1.63. The van der Waals surface area contributed by atoms with Crippen molar-refractivity contribution in [2.24, 2.45) is 4.99 Å². The fourth-order valence-corrected chi connectivity index (χ4v) is 4.16. The van der Waals surface area contributed by atoms with Gasteiger partial charge in [-0.3, -0.25) is 4.99 Å². The van der Waals surface area contributed by atoms with E-state index in [1.807, 2.05) is 7.05 Å². The summed E-state index contributed by atoms with van der Waals surface area (Å²) in [6.45, 7) is 11.8. The third kappa shape index (κ3) is 4.87. The van der Waals surface area contributed by atoms with E-state index in [0.29, 0.717) is 13.2 Å². The molecule has 1 aliphatic rings. The van der Waals surface area contributed by atoms with E-state index in [-0.39, 0.29) is 11.5 Å². The van der Waals surface area contributed by atoms with Gasteiger partial charge in [0, 0.05) is 24.4 Å². The van der Waals surface area contributed by atoms with Gasteiger partial charge >= 0.3 is 0 Å². The van der Waals surface area contributed by atoms with Gasteiger partial charge in [0.05, 0.1) is 25.4 Å². The molecule has 146 valence electrons. The molecule has 27 heavy (non-hydrogen) atoms. The number of guanidine groups is 1. The van der Waals surface area contributed by atoms with Crippen molar-refractivity contribution in [1.29, 1.82) is 0 Å². The highest BCUT2D eigenvalue weighted by atomic mass is 32.1. The Morgan fingerprint density at radius 2 is 2.15 bits per heavy atom. The van der Waals surface area contributed by atoms with Crippen LogP contribution >= 0.6 is 11.3 Å². The van der Waals surface area contributed by atoms with Crippen LogP contribution in [0.3, 0.4) is 0 Å². The fraction of sp³-hybridized carbons (Fsp3) is 0.524. The number of nitrogens with zero attached hydrogens (tertiary/aromatic N) is 3. The summed E-state index contributed by atoms with van der Waals surface area (Å²) in [5, 5.41) is 6.72. The predicted molar refractivity (Wildman–Crippen MR) is 112 cm³/mol. The van der Waals surface area contributed by atoms with Gasteiger partial charge in [0.25, 0.3) is 0 Å². The first-order valence-electron chi connectivity index (χ1n) is 9.46. The van der Waals surface area contributed by atoms with E-state index in [4.69, 9.17) is 9.72 Å². The lowest BCUT2D eigenvalue weighted by molar-refractivity contribution is -0.00834. The number of hydrogen-bond donors (Lipinski definition) is 1. The zero-order valence-corrected chi connectivity index (χ0v) is 17.8. The molecule has 2 heterocycles. The average Bonchev–Trinajstić information content (AvgIpc) is 3.12. The first-order valence-corrected chi connectivity index (χ1v) is 10.3. The topological polar surface area (TPSA) is 49.8 Å². The standard InChI is InChI=1S/C21H30N4OS/c1-15-8-6-7-9-16(15)17-13-25(10-11-26-17)20(22-5)23-12-19-24-18(14-27-19)21(2,3)4/h6-9,14,17H,10-13H2,1-5H3,(H,22,23). The Kier molecular flexibility index (Phi) is 6.17. The summed E-state index contributed by atoms with van der Waals surface area (Å²) in [6, 6.07) is 8.44. The van der Waals surface area contributed by atoms with Gasteiger partial charge in [-0.25, -0.2) is 4.98 Å². The zero-order chi connectivity index (χ0) is 19.4. The summed E-state index contributed by atoms with van der Waals surface area (Å²) in [5.41, 5.74) is 3.75. The fourth-order valence-electron chi connectivity index (χ4n) is 3.20. The Morgan fingerprint density at radius 1 is 1.37 bits per heavy atom. The Morgan fingerprint density at radius 3 is 2.81 bits per heavy atom. The highest BCUT2D eigenvalue weighted by molar-refractivity contribution is 7.09. The Bertz CT molecular complexity index is 793. The van der Waals surface area contributed by atoms with Gasteiger partial charge < -0.3 is 15.0 Å². The number of aromatic nitrogens is 1. The molecule has 0 aliphatic carbocycles. The van der Waals surface area contributed by atoms with Crippen LogP contribution in [0.2, 0.25) is 0 Å².